The predicted octanol–water partition coefficient (Wildman–Crippen LogP) is 2.12. The molecule has 0 atom stereocenters. The standard InChI is InChI=1S/C11H13NO3/c1-2-3-10(13)12-9-6-4-8(5-7-9)11(14)15/h4-7H,2-3H2,1H3,(H,12,13)(H,14,15). The van der Waals surface area contributed by atoms with Gasteiger partial charge in [0.2, 0.25) is 5.91 Å². The molecule has 1 aromatic rings. The molecule has 0 unspecified atom stereocenters. The summed E-state index contributed by atoms with van der Waals surface area (Å²) in [4.78, 5) is 21.8. The highest BCUT2D eigenvalue weighted by molar-refractivity contribution is 5.92. The Morgan fingerprint density at radius 2 is 1.87 bits per heavy atom. The summed E-state index contributed by atoms with van der Waals surface area (Å²) in [6.07, 6.45) is 1.26. The third-order valence-corrected chi connectivity index (χ3v) is 1.89. The molecule has 0 aromatic heterocycles. The van der Waals surface area contributed by atoms with Gasteiger partial charge in [-0.15, -0.1) is 0 Å². The summed E-state index contributed by atoms with van der Waals surface area (Å²) < 4.78 is 0. The highest BCUT2D eigenvalue weighted by Crippen LogP contribution is 2.10. The quantitative estimate of drug-likeness (QED) is 0.794. The van der Waals surface area contributed by atoms with Crippen molar-refractivity contribution in [3.8, 4) is 0 Å². The zero-order valence-electron chi connectivity index (χ0n) is 8.49. The molecule has 0 spiro atoms. The van der Waals surface area contributed by atoms with E-state index in [9.17, 15) is 9.59 Å². The molecule has 0 bridgehead atoms. The van der Waals surface area contributed by atoms with Crippen molar-refractivity contribution >= 4 is 17.6 Å². The lowest BCUT2D eigenvalue weighted by atomic mass is 10.2. The molecule has 0 aliphatic heterocycles. The summed E-state index contributed by atoms with van der Waals surface area (Å²) in [5, 5.41) is 11.3. The molecule has 0 aliphatic rings. The highest BCUT2D eigenvalue weighted by atomic mass is 16.4. The van der Waals surface area contributed by atoms with E-state index in [1.54, 1.807) is 12.1 Å². The molecule has 1 aromatic carbocycles. The summed E-state index contributed by atoms with van der Waals surface area (Å²) in [7, 11) is 0. The van der Waals surface area contributed by atoms with Crippen LogP contribution in [0.3, 0.4) is 0 Å². The van der Waals surface area contributed by atoms with Crippen molar-refractivity contribution in [3.63, 3.8) is 0 Å². The highest BCUT2D eigenvalue weighted by Gasteiger charge is 2.03. The minimum Gasteiger partial charge on any atom is -0.478 e. The lowest BCUT2D eigenvalue weighted by Crippen LogP contribution is -2.10. The largest absolute Gasteiger partial charge is 0.478 e. The number of carboxylic acids is 1. The molecule has 1 amide bonds. The first-order valence-corrected chi connectivity index (χ1v) is 4.76. The normalized spacial score (nSPS) is 9.67. The first-order chi connectivity index (χ1) is 7.13. The Morgan fingerprint density at radius 3 is 2.33 bits per heavy atom. The van der Waals surface area contributed by atoms with Crippen molar-refractivity contribution in [2.24, 2.45) is 0 Å². The van der Waals surface area contributed by atoms with E-state index in [1.807, 2.05) is 6.92 Å². The molecule has 2 N–H and O–H groups in total. The number of amides is 1. The molecule has 0 radical (unpaired) electrons. The van der Waals surface area contributed by atoms with E-state index in [0.717, 1.165) is 6.42 Å². The summed E-state index contributed by atoms with van der Waals surface area (Å²) >= 11 is 0. The van der Waals surface area contributed by atoms with Gasteiger partial charge in [0.1, 0.15) is 0 Å². The second-order valence-electron chi connectivity index (χ2n) is 3.18. The fourth-order valence-corrected chi connectivity index (χ4v) is 1.15. The number of carbonyl (C=O) groups excluding carboxylic acids is 1. The van der Waals surface area contributed by atoms with Crippen molar-refractivity contribution in [2.45, 2.75) is 19.8 Å². The predicted molar refractivity (Wildman–Crippen MR) is 56.9 cm³/mol. The van der Waals surface area contributed by atoms with Gasteiger partial charge in [-0.2, -0.15) is 0 Å². The van der Waals surface area contributed by atoms with Gasteiger partial charge in [-0.25, -0.2) is 4.79 Å². The molecule has 4 heteroatoms. The monoisotopic (exact) mass is 207 g/mol. The second kappa shape index (κ2) is 5.14. The number of nitrogens with one attached hydrogen (secondary N) is 1. The molecule has 80 valence electrons. The van der Waals surface area contributed by atoms with Crippen LogP contribution in [0.5, 0.6) is 0 Å². The van der Waals surface area contributed by atoms with Crippen molar-refractivity contribution in [1.29, 1.82) is 0 Å². The Balaban J connectivity index is 2.64. The van der Waals surface area contributed by atoms with Crippen LogP contribution in [0.25, 0.3) is 0 Å². The first kappa shape index (κ1) is 11.2. The molecule has 15 heavy (non-hydrogen) atoms. The summed E-state index contributed by atoms with van der Waals surface area (Å²) in [6.45, 7) is 1.92. The summed E-state index contributed by atoms with van der Waals surface area (Å²) in [5.41, 5.74) is 0.835. The topological polar surface area (TPSA) is 66.4 Å². The number of anilines is 1. The lowest BCUT2D eigenvalue weighted by molar-refractivity contribution is -0.116. The SMILES string of the molecule is CCCC(=O)Nc1ccc(C(=O)O)cc1. The van der Waals surface area contributed by atoms with Gasteiger partial charge < -0.3 is 10.4 Å². The van der Waals surface area contributed by atoms with Gasteiger partial charge in [0.25, 0.3) is 0 Å². The van der Waals surface area contributed by atoms with Crippen molar-refractivity contribution in [2.75, 3.05) is 5.32 Å². The fraction of sp³-hybridized carbons (Fsp3) is 0.273. The summed E-state index contributed by atoms with van der Waals surface area (Å²) in [6, 6.07) is 6.09. The number of benzene rings is 1. The van der Waals surface area contributed by atoms with Gasteiger partial charge in [-0.3, -0.25) is 4.79 Å². The third-order valence-electron chi connectivity index (χ3n) is 1.89. The van der Waals surface area contributed by atoms with Crippen LogP contribution in [0.2, 0.25) is 0 Å². The van der Waals surface area contributed by atoms with E-state index < -0.39 is 5.97 Å². The number of carbonyl (C=O) groups is 2. The molecule has 0 saturated heterocycles. The minimum atomic E-state index is -0.971. The first-order valence-electron chi connectivity index (χ1n) is 4.76. The van der Waals surface area contributed by atoms with Crippen LogP contribution < -0.4 is 5.32 Å². The molecular formula is C11H13NO3. The maximum atomic E-state index is 11.2. The van der Waals surface area contributed by atoms with Gasteiger partial charge in [0.15, 0.2) is 0 Å². The Morgan fingerprint density at radius 1 is 1.27 bits per heavy atom. The van der Waals surface area contributed by atoms with Crippen molar-refractivity contribution < 1.29 is 14.7 Å². The van der Waals surface area contributed by atoms with Crippen LogP contribution in [0.4, 0.5) is 5.69 Å². The summed E-state index contributed by atoms with van der Waals surface area (Å²) in [5.74, 6) is -1.03. The van der Waals surface area contributed by atoms with Crippen molar-refractivity contribution in [3.05, 3.63) is 29.8 Å². The van der Waals surface area contributed by atoms with Crippen LogP contribution in [0.1, 0.15) is 30.1 Å². The maximum Gasteiger partial charge on any atom is 0.335 e. The molecule has 0 aliphatic carbocycles. The second-order valence-corrected chi connectivity index (χ2v) is 3.18. The average Bonchev–Trinajstić information content (AvgIpc) is 2.18. The van der Waals surface area contributed by atoms with Gasteiger partial charge in [-0.05, 0) is 30.7 Å². The van der Waals surface area contributed by atoms with Gasteiger partial charge in [-0.1, -0.05) is 6.92 Å². The van der Waals surface area contributed by atoms with E-state index in [4.69, 9.17) is 5.11 Å². The Labute approximate surface area is 87.9 Å². The fourth-order valence-electron chi connectivity index (χ4n) is 1.15. The van der Waals surface area contributed by atoms with E-state index >= 15 is 0 Å². The molecule has 0 saturated carbocycles. The average molecular weight is 207 g/mol. The molecule has 4 nitrogen and oxygen atoms in total. The van der Waals surface area contributed by atoms with E-state index in [-0.39, 0.29) is 11.5 Å². The van der Waals surface area contributed by atoms with Crippen LogP contribution in [0, 0.1) is 0 Å². The van der Waals surface area contributed by atoms with E-state index in [1.165, 1.54) is 12.1 Å². The molecule has 0 heterocycles. The van der Waals surface area contributed by atoms with Crippen LogP contribution >= 0.6 is 0 Å². The molecular weight excluding hydrogens is 194 g/mol. The Bertz CT molecular complexity index is 357. The third kappa shape index (κ3) is 3.42. The molecule has 0 fully saturated rings. The minimum absolute atomic E-state index is 0.0550. The zero-order chi connectivity index (χ0) is 11.3. The number of hydrogen-bond acceptors (Lipinski definition) is 2. The van der Waals surface area contributed by atoms with Crippen LogP contribution in [-0.2, 0) is 4.79 Å². The maximum absolute atomic E-state index is 11.2. The Hall–Kier alpha value is -1.84. The zero-order valence-corrected chi connectivity index (χ0v) is 8.49. The van der Waals surface area contributed by atoms with E-state index in [2.05, 4.69) is 5.32 Å². The van der Waals surface area contributed by atoms with Gasteiger partial charge >= 0.3 is 5.97 Å². The van der Waals surface area contributed by atoms with Gasteiger partial charge in [0, 0.05) is 12.1 Å². The number of aromatic carboxylic acids is 1. The smallest absolute Gasteiger partial charge is 0.335 e. The number of rotatable bonds is 4. The van der Waals surface area contributed by atoms with Crippen LogP contribution in [0.15, 0.2) is 24.3 Å². The van der Waals surface area contributed by atoms with E-state index in [0.29, 0.717) is 12.1 Å². The molecule has 1 rings (SSSR count). The van der Waals surface area contributed by atoms with Crippen molar-refractivity contribution in [1.82, 2.24) is 0 Å². The Kier molecular flexibility index (Phi) is 3.85. The lowest BCUT2D eigenvalue weighted by Gasteiger charge is -2.03. The number of hydrogen-bond donors (Lipinski definition) is 2. The van der Waals surface area contributed by atoms with Crippen LogP contribution in [-0.4, -0.2) is 17.0 Å². The number of carboxylic acid groups (broad SMARTS) is 1. The van der Waals surface area contributed by atoms with Gasteiger partial charge in [0.05, 0.1) is 5.56 Å².